The zero-order valence-electron chi connectivity index (χ0n) is 13.0. The Balaban J connectivity index is 1.93. The predicted octanol–water partition coefficient (Wildman–Crippen LogP) is 2.45. The van der Waals surface area contributed by atoms with Crippen LogP contribution in [0.5, 0.6) is 0 Å². The number of rotatable bonds is 5. The smallest absolute Gasteiger partial charge is 0.238 e. The van der Waals surface area contributed by atoms with E-state index in [4.69, 9.17) is 0 Å². The first-order valence-electron chi connectivity index (χ1n) is 7.82. The fourth-order valence-electron chi connectivity index (χ4n) is 2.95. The van der Waals surface area contributed by atoms with Crippen LogP contribution in [0.15, 0.2) is 24.3 Å². The van der Waals surface area contributed by atoms with Gasteiger partial charge in [-0.3, -0.25) is 9.69 Å². The third-order valence-electron chi connectivity index (χ3n) is 4.09. The molecule has 1 fully saturated rings. The van der Waals surface area contributed by atoms with E-state index in [9.17, 15) is 9.90 Å². The lowest BCUT2D eigenvalue weighted by Gasteiger charge is -2.31. The van der Waals surface area contributed by atoms with Crippen molar-refractivity contribution < 1.29 is 9.90 Å². The second-order valence-electron chi connectivity index (χ2n) is 6.22. The monoisotopic (exact) mass is 290 g/mol. The van der Waals surface area contributed by atoms with Gasteiger partial charge in [-0.25, -0.2) is 0 Å². The highest BCUT2D eigenvalue weighted by Gasteiger charge is 2.21. The molecule has 1 unspecified atom stereocenters. The highest BCUT2D eigenvalue weighted by molar-refractivity contribution is 5.93. The summed E-state index contributed by atoms with van der Waals surface area (Å²) in [6.45, 7) is 6.63. The lowest BCUT2D eigenvalue weighted by atomic mass is 9.99. The van der Waals surface area contributed by atoms with Gasteiger partial charge in [0.25, 0.3) is 0 Å². The maximum atomic E-state index is 12.2. The summed E-state index contributed by atoms with van der Waals surface area (Å²) in [5, 5.41) is 12.3. The van der Waals surface area contributed by atoms with Gasteiger partial charge in [0.2, 0.25) is 5.91 Å². The van der Waals surface area contributed by atoms with E-state index in [1.807, 2.05) is 18.2 Å². The molecule has 4 heteroatoms. The minimum atomic E-state index is 0.0293. The van der Waals surface area contributed by atoms with Gasteiger partial charge >= 0.3 is 0 Å². The summed E-state index contributed by atoms with van der Waals surface area (Å²) >= 11 is 0. The van der Waals surface area contributed by atoms with Crippen molar-refractivity contribution in [2.24, 2.45) is 5.92 Å². The Bertz CT molecular complexity index is 474. The van der Waals surface area contributed by atoms with Crippen LogP contribution in [-0.4, -0.2) is 42.2 Å². The van der Waals surface area contributed by atoms with Crippen molar-refractivity contribution >= 4 is 11.6 Å². The van der Waals surface area contributed by atoms with E-state index in [-0.39, 0.29) is 12.5 Å². The highest BCUT2D eigenvalue weighted by Crippen LogP contribution is 2.23. The van der Waals surface area contributed by atoms with E-state index in [1.54, 1.807) is 0 Å². The number of hydrogen-bond donors (Lipinski definition) is 2. The standard InChI is InChI=1S/C17H26N2O2/c1-13(2)15-7-3-4-8-16(15)18-17(21)11-19-9-5-6-14(10-19)12-20/h3-4,7-8,13-14,20H,5-6,9-12H2,1-2H3,(H,18,21). The van der Waals surface area contributed by atoms with Crippen molar-refractivity contribution in [1.29, 1.82) is 0 Å². The molecule has 0 bridgehead atoms. The molecule has 1 saturated heterocycles. The fraction of sp³-hybridized carbons (Fsp3) is 0.588. The van der Waals surface area contributed by atoms with Gasteiger partial charge in [-0.05, 0) is 42.9 Å². The van der Waals surface area contributed by atoms with Crippen molar-refractivity contribution in [3.05, 3.63) is 29.8 Å². The molecule has 1 heterocycles. The molecular weight excluding hydrogens is 264 g/mol. The van der Waals surface area contributed by atoms with Crippen LogP contribution in [0.25, 0.3) is 0 Å². The molecule has 0 saturated carbocycles. The van der Waals surface area contributed by atoms with E-state index in [0.717, 1.165) is 37.2 Å². The molecular formula is C17H26N2O2. The average molecular weight is 290 g/mol. The molecule has 4 nitrogen and oxygen atoms in total. The Labute approximate surface area is 127 Å². The number of aliphatic hydroxyl groups excluding tert-OH is 1. The van der Waals surface area contributed by atoms with Crippen molar-refractivity contribution in [3.63, 3.8) is 0 Å². The van der Waals surface area contributed by atoms with Gasteiger partial charge in [-0.1, -0.05) is 32.0 Å². The number of aliphatic hydroxyl groups is 1. The molecule has 1 aromatic rings. The molecule has 1 aromatic carbocycles. The Morgan fingerprint density at radius 2 is 2.19 bits per heavy atom. The van der Waals surface area contributed by atoms with Crippen LogP contribution in [-0.2, 0) is 4.79 Å². The molecule has 21 heavy (non-hydrogen) atoms. The van der Waals surface area contributed by atoms with Crippen molar-refractivity contribution in [2.75, 3.05) is 31.6 Å². The Morgan fingerprint density at radius 3 is 2.90 bits per heavy atom. The normalized spacial score (nSPS) is 19.7. The van der Waals surface area contributed by atoms with Crippen LogP contribution in [0.3, 0.4) is 0 Å². The molecule has 1 amide bonds. The van der Waals surface area contributed by atoms with Crippen LogP contribution >= 0.6 is 0 Å². The molecule has 2 N–H and O–H groups in total. The first-order chi connectivity index (χ1) is 10.1. The van der Waals surface area contributed by atoms with E-state index in [0.29, 0.717) is 18.4 Å². The van der Waals surface area contributed by atoms with E-state index in [2.05, 4.69) is 30.1 Å². The molecule has 1 aliphatic rings. The topological polar surface area (TPSA) is 52.6 Å². The molecule has 0 aliphatic carbocycles. The predicted molar refractivity (Wildman–Crippen MR) is 85.4 cm³/mol. The van der Waals surface area contributed by atoms with Gasteiger partial charge in [-0.15, -0.1) is 0 Å². The zero-order valence-corrected chi connectivity index (χ0v) is 13.0. The highest BCUT2D eigenvalue weighted by atomic mass is 16.3. The third-order valence-corrected chi connectivity index (χ3v) is 4.09. The number of carbonyl (C=O) groups excluding carboxylic acids is 1. The minimum Gasteiger partial charge on any atom is -0.396 e. The van der Waals surface area contributed by atoms with E-state index >= 15 is 0 Å². The third kappa shape index (κ3) is 4.55. The summed E-state index contributed by atoms with van der Waals surface area (Å²) in [5.74, 6) is 0.728. The van der Waals surface area contributed by atoms with Crippen molar-refractivity contribution in [3.8, 4) is 0 Å². The number of likely N-dealkylation sites (tertiary alicyclic amines) is 1. The van der Waals surface area contributed by atoms with Crippen LogP contribution in [0.2, 0.25) is 0 Å². The van der Waals surface area contributed by atoms with Crippen molar-refractivity contribution in [2.45, 2.75) is 32.6 Å². The van der Waals surface area contributed by atoms with Crippen LogP contribution in [0.4, 0.5) is 5.69 Å². The Kier molecular flexibility index (Phi) is 5.76. The molecule has 0 spiro atoms. The van der Waals surface area contributed by atoms with Gasteiger partial charge in [0.1, 0.15) is 0 Å². The number of benzene rings is 1. The first-order valence-corrected chi connectivity index (χ1v) is 7.82. The lowest BCUT2D eigenvalue weighted by Crippen LogP contribution is -2.41. The second kappa shape index (κ2) is 7.57. The summed E-state index contributed by atoms with van der Waals surface area (Å²) in [7, 11) is 0. The van der Waals surface area contributed by atoms with Gasteiger partial charge in [0.05, 0.1) is 6.54 Å². The van der Waals surface area contributed by atoms with Crippen molar-refractivity contribution in [1.82, 2.24) is 4.90 Å². The van der Waals surface area contributed by atoms with Gasteiger partial charge in [-0.2, -0.15) is 0 Å². The maximum absolute atomic E-state index is 12.2. The quantitative estimate of drug-likeness (QED) is 0.876. The number of nitrogens with zero attached hydrogens (tertiary/aromatic N) is 1. The number of amides is 1. The minimum absolute atomic E-state index is 0.0293. The average Bonchev–Trinajstić information content (AvgIpc) is 2.47. The number of carbonyl (C=O) groups is 1. The number of para-hydroxylation sites is 1. The molecule has 1 aliphatic heterocycles. The van der Waals surface area contributed by atoms with E-state index < -0.39 is 0 Å². The Morgan fingerprint density at radius 1 is 1.43 bits per heavy atom. The summed E-state index contributed by atoms with van der Waals surface area (Å²) in [6.07, 6.45) is 2.12. The second-order valence-corrected chi connectivity index (χ2v) is 6.22. The van der Waals surface area contributed by atoms with Crippen LogP contribution in [0, 0.1) is 5.92 Å². The lowest BCUT2D eigenvalue weighted by molar-refractivity contribution is -0.117. The van der Waals surface area contributed by atoms with E-state index in [1.165, 1.54) is 0 Å². The van der Waals surface area contributed by atoms with Gasteiger partial charge in [0, 0.05) is 18.8 Å². The Hall–Kier alpha value is -1.39. The number of anilines is 1. The number of piperidine rings is 1. The zero-order chi connectivity index (χ0) is 15.2. The largest absolute Gasteiger partial charge is 0.396 e. The molecule has 116 valence electrons. The maximum Gasteiger partial charge on any atom is 0.238 e. The van der Waals surface area contributed by atoms with Gasteiger partial charge < -0.3 is 10.4 Å². The van der Waals surface area contributed by atoms with Gasteiger partial charge in [0.15, 0.2) is 0 Å². The fourth-order valence-corrected chi connectivity index (χ4v) is 2.95. The van der Waals surface area contributed by atoms with Crippen LogP contribution in [0.1, 0.15) is 38.2 Å². The van der Waals surface area contributed by atoms with Crippen LogP contribution < -0.4 is 5.32 Å². The summed E-state index contributed by atoms with van der Waals surface area (Å²) in [4.78, 5) is 14.4. The first kappa shape index (κ1) is 16.0. The molecule has 0 aromatic heterocycles. The number of nitrogens with one attached hydrogen (secondary N) is 1. The SMILES string of the molecule is CC(C)c1ccccc1NC(=O)CN1CCCC(CO)C1. The summed E-state index contributed by atoms with van der Waals surface area (Å²) in [5.41, 5.74) is 2.07. The molecule has 2 rings (SSSR count). The summed E-state index contributed by atoms with van der Waals surface area (Å²) < 4.78 is 0. The molecule has 1 atom stereocenters. The number of hydrogen-bond acceptors (Lipinski definition) is 3. The molecule has 0 radical (unpaired) electrons. The summed E-state index contributed by atoms with van der Waals surface area (Å²) in [6, 6.07) is 7.97.